The largest absolute Gasteiger partial charge is 0.309 e. The van der Waals surface area contributed by atoms with Gasteiger partial charge in [-0.3, -0.25) is 0 Å². The van der Waals surface area contributed by atoms with E-state index in [4.69, 9.17) is 24.5 Å². The van der Waals surface area contributed by atoms with Crippen LogP contribution in [-0.4, -0.2) is 19.5 Å². The molecule has 0 spiro atoms. The predicted molar refractivity (Wildman–Crippen MR) is 209 cm³/mol. The zero-order valence-electron chi connectivity index (χ0n) is 33.3. The average Bonchev–Trinajstić information content (AvgIpc) is 3.82. The number of nitrogens with zero attached hydrogens (tertiary/aromatic N) is 4. The molecule has 10 rings (SSSR count). The van der Waals surface area contributed by atoms with Gasteiger partial charge in [0.2, 0.25) is 0 Å². The molecule has 0 aliphatic heterocycles. The Morgan fingerprint density at radius 2 is 1.06 bits per heavy atom. The first kappa shape index (κ1) is 22.3. The van der Waals surface area contributed by atoms with Crippen molar-refractivity contribution in [3.8, 4) is 51.0 Å². The van der Waals surface area contributed by atoms with E-state index in [2.05, 4.69) is 48.5 Å². The van der Waals surface area contributed by atoms with Crippen LogP contribution in [0.3, 0.4) is 0 Å². The summed E-state index contributed by atoms with van der Waals surface area (Å²) in [6, 6.07) is 38.8. The highest BCUT2D eigenvalue weighted by atomic mass is 32.1. The standard InChI is InChI=1S/C45H28N4S/c1-2-15-29(16-3-1)43-46-44(36-21-5-4-17-30(36)34-23-14-24-35-33-20-9-13-28-41(33)50-42(34)35)48-45(47-43)37-22-8-12-27-40(37)49-38-25-10-6-18-31(38)32-19-7-11-26-39(32)49/h1-28H/i6D,7D,10D,18D,19D,25D,26D. The van der Waals surface area contributed by atoms with E-state index in [1.54, 1.807) is 28.0 Å². The quantitative estimate of drug-likeness (QED) is 0.184. The molecule has 0 fully saturated rings. The Bertz CT molecular complexity index is 3290. The maximum absolute atomic E-state index is 9.09. The van der Waals surface area contributed by atoms with Crippen molar-refractivity contribution >= 4 is 53.3 Å². The van der Waals surface area contributed by atoms with E-state index in [9.17, 15) is 0 Å². The SMILES string of the molecule is [2H]c1cc([2H])c2c(c1[2H])c1c([2H])c([2H])c([2H])c([2H])c1n2-c1ccccc1-c1nc(-c2ccccc2)nc(-c2ccccc2-c2cccc3c2sc2ccccc23)n1. The second-order valence-corrected chi connectivity index (χ2v) is 12.9. The molecule has 4 nitrogen and oxygen atoms in total. The molecule has 10 aromatic rings. The van der Waals surface area contributed by atoms with E-state index in [1.165, 1.54) is 21.5 Å². The molecule has 0 saturated heterocycles. The Labute approximate surface area is 302 Å². The minimum absolute atomic E-state index is 0.0732. The summed E-state index contributed by atoms with van der Waals surface area (Å²) in [7, 11) is 0. The van der Waals surface area contributed by atoms with Gasteiger partial charge in [-0.15, -0.1) is 11.3 Å². The van der Waals surface area contributed by atoms with Crippen LogP contribution in [0.25, 0.3) is 93.0 Å². The third kappa shape index (κ3) is 4.55. The number of aromatic nitrogens is 4. The lowest BCUT2D eigenvalue weighted by Crippen LogP contribution is -2.04. The minimum Gasteiger partial charge on any atom is -0.309 e. The van der Waals surface area contributed by atoms with Crippen LogP contribution in [0.1, 0.15) is 9.60 Å². The van der Waals surface area contributed by atoms with Gasteiger partial charge < -0.3 is 4.57 Å². The Kier molecular flexibility index (Phi) is 5.17. The first-order chi connectivity index (χ1) is 27.7. The summed E-state index contributed by atoms with van der Waals surface area (Å²) in [6.07, 6.45) is 0. The van der Waals surface area contributed by atoms with Gasteiger partial charge in [-0.1, -0.05) is 139 Å². The van der Waals surface area contributed by atoms with Crippen LogP contribution in [0.5, 0.6) is 0 Å². The summed E-state index contributed by atoms with van der Waals surface area (Å²) in [4.78, 5) is 15.3. The average molecular weight is 664 g/mol. The minimum atomic E-state index is -0.458. The molecule has 3 heterocycles. The number of benzene rings is 7. The van der Waals surface area contributed by atoms with E-state index in [0.29, 0.717) is 28.7 Å². The van der Waals surface area contributed by atoms with Gasteiger partial charge in [0, 0.05) is 53.2 Å². The van der Waals surface area contributed by atoms with Crippen molar-refractivity contribution < 1.29 is 9.60 Å². The highest BCUT2D eigenvalue weighted by Crippen LogP contribution is 2.43. The van der Waals surface area contributed by atoms with Gasteiger partial charge in [-0.2, -0.15) is 0 Å². The molecule has 7 aromatic carbocycles. The summed E-state index contributed by atoms with van der Waals surface area (Å²) in [6.45, 7) is 0. The zero-order chi connectivity index (χ0) is 39.1. The topological polar surface area (TPSA) is 43.6 Å². The number of hydrogen-bond acceptors (Lipinski definition) is 4. The molecular weight excluding hydrogens is 629 g/mol. The van der Waals surface area contributed by atoms with Crippen molar-refractivity contribution in [2.45, 2.75) is 0 Å². The smallest absolute Gasteiger partial charge is 0.166 e. The van der Waals surface area contributed by atoms with Gasteiger partial charge in [0.25, 0.3) is 0 Å². The number of rotatable bonds is 5. The van der Waals surface area contributed by atoms with Crippen LogP contribution in [0.4, 0.5) is 0 Å². The van der Waals surface area contributed by atoms with E-state index in [0.717, 1.165) is 27.0 Å². The van der Waals surface area contributed by atoms with Gasteiger partial charge in [0.15, 0.2) is 17.5 Å². The van der Waals surface area contributed by atoms with E-state index < -0.39 is 12.1 Å². The molecule has 5 heteroatoms. The van der Waals surface area contributed by atoms with Crippen molar-refractivity contribution in [1.82, 2.24) is 19.5 Å². The summed E-state index contributed by atoms with van der Waals surface area (Å²) < 4.78 is 65.5. The van der Waals surface area contributed by atoms with Crippen molar-refractivity contribution in [2.24, 2.45) is 0 Å². The molecule has 0 unspecified atom stereocenters. The van der Waals surface area contributed by atoms with Crippen LogP contribution >= 0.6 is 11.3 Å². The summed E-state index contributed by atoms with van der Waals surface area (Å²) in [5.74, 6) is 1.16. The van der Waals surface area contributed by atoms with Gasteiger partial charge in [-0.25, -0.2) is 15.0 Å². The maximum atomic E-state index is 9.09. The molecule has 0 aliphatic carbocycles. The fraction of sp³-hybridized carbons (Fsp3) is 0. The molecule has 0 aliphatic rings. The summed E-state index contributed by atoms with van der Waals surface area (Å²) >= 11 is 1.75. The highest BCUT2D eigenvalue weighted by molar-refractivity contribution is 7.26. The van der Waals surface area contributed by atoms with Crippen LogP contribution in [0.15, 0.2) is 170 Å². The van der Waals surface area contributed by atoms with Gasteiger partial charge >= 0.3 is 0 Å². The zero-order valence-corrected chi connectivity index (χ0v) is 27.1. The van der Waals surface area contributed by atoms with Crippen LogP contribution in [-0.2, 0) is 0 Å². The monoisotopic (exact) mass is 663 g/mol. The predicted octanol–water partition coefficient (Wildman–Crippen LogP) is 12.0. The molecular formula is C45H28N4S. The van der Waals surface area contributed by atoms with Crippen molar-refractivity contribution in [3.63, 3.8) is 0 Å². The second kappa shape index (κ2) is 11.6. The lowest BCUT2D eigenvalue weighted by atomic mass is 9.97. The number of thiophene rings is 1. The van der Waals surface area contributed by atoms with Gasteiger partial charge in [-0.05, 0) is 35.8 Å². The Morgan fingerprint density at radius 1 is 0.440 bits per heavy atom. The van der Waals surface area contributed by atoms with Crippen LogP contribution < -0.4 is 0 Å². The van der Waals surface area contributed by atoms with Crippen molar-refractivity contribution in [3.05, 3.63) is 170 Å². The number of para-hydroxylation sites is 3. The van der Waals surface area contributed by atoms with Crippen molar-refractivity contribution in [1.29, 1.82) is 0 Å². The molecule has 234 valence electrons. The Balaban J connectivity index is 1.27. The van der Waals surface area contributed by atoms with Gasteiger partial charge in [0.1, 0.15) is 0 Å². The molecule has 0 atom stereocenters. The molecule has 0 N–H and O–H groups in total. The number of fused-ring (bicyclic) bond motifs is 6. The molecule has 0 amide bonds. The Hall–Kier alpha value is -6.43. The lowest BCUT2D eigenvalue weighted by Gasteiger charge is -2.15. The van der Waals surface area contributed by atoms with Crippen LogP contribution in [0, 0.1) is 0 Å². The first-order valence-corrected chi connectivity index (χ1v) is 17.0. The third-order valence-corrected chi connectivity index (χ3v) is 10.2. The lowest BCUT2D eigenvalue weighted by molar-refractivity contribution is 1.06. The fourth-order valence-corrected chi connectivity index (χ4v) is 8.00. The van der Waals surface area contributed by atoms with Gasteiger partial charge in [0.05, 0.1) is 26.3 Å². The highest BCUT2D eigenvalue weighted by Gasteiger charge is 2.21. The number of hydrogen-bond donors (Lipinski definition) is 0. The van der Waals surface area contributed by atoms with Crippen molar-refractivity contribution in [2.75, 3.05) is 0 Å². The molecule has 0 saturated carbocycles. The Morgan fingerprint density at radius 3 is 1.94 bits per heavy atom. The third-order valence-electron chi connectivity index (χ3n) is 9.00. The van der Waals surface area contributed by atoms with E-state index in [-0.39, 0.29) is 52.0 Å². The summed E-state index contributed by atoms with van der Waals surface area (Å²) in [5, 5.41) is 2.55. The summed E-state index contributed by atoms with van der Waals surface area (Å²) in [5.41, 5.74) is 4.79. The van der Waals surface area contributed by atoms with E-state index in [1.807, 2.05) is 60.7 Å². The maximum Gasteiger partial charge on any atom is 0.166 e. The van der Waals surface area contributed by atoms with Crippen LogP contribution in [0.2, 0.25) is 0 Å². The second-order valence-electron chi connectivity index (χ2n) is 11.9. The van der Waals surface area contributed by atoms with E-state index >= 15 is 0 Å². The molecule has 0 radical (unpaired) electrons. The molecule has 3 aromatic heterocycles. The normalized spacial score (nSPS) is 13.6. The fourth-order valence-electron chi connectivity index (χ4n) is 6.77. The molecule has 50 heavy (non-hydrogen) atoms. The molecule has 0 bridgehead atoms. The first-order valence-electron chi connectivity index (χ1n) is 19.6.